The van der Waals surface area contributed by atoms with Crippen molar-refractivity contribution in [3.8, 4) is 0 Å². The second kappa shape index (κ2) is 7.61. The average molecular weight is 311 g/mol. The van der Waals surface area contributed by atoms with Gasteiger partial charge in [-0.3, -0.25) is 4.79 Å². The average Bonchev–Trinajstić information content (AvgIpc) is 3.11. The Balaban J connectivity index is 1.89. The van der Waals surface area contributed by atoms with Crippen LogP contribution in [0.2, 0.25) is 0 Å². The number of thiazole rings is 1. The van der Waals surface area contributed by atoms with Crippen molar-refractivity contribution >= 4 is 28.2 Å². The van der Waals surface area contributed by atoms with Crippen LogP contribution in [0.4, 0.5) is 10.9 Å². The van der Waals surface area contributed by atoms with Crippen molar-refractivity contribution in [3.05, 3.63) is 4.88 Å². The number of amides is 1. The molecule has 0 atom stereocenters. The third-order valence-electron chi connectivity index (χ3n) is 3.67. The minimum Gasteiger partial charge on any atom is -0.382 e. The Morgan fingerprint density at radius 3 is 2.86 bits per heavy atom. The number of nitrogen functional groups attached to an aromatic ring is 1. The van der Waals surface area contributed by atoms with Gasteiger partial charge in [0, 0.05) is 26.7 Å². The van der Waals surface area contributed by atoms with Gasteiger partial charge in [-0.25, -0.2) is 4.98 Å². The van der Waals surface area contributed by atoms with Crippen LogP contribution in [0.15, 0.2) is 0 Å². The summed E-state index contributed by atoms with van der Waals surface area (Å²) in [5.41, 5.74) is 5.87. The minimum absolute atomic E-state index is 0.0336. The van der Waals surface area contributed by atoms with Crippen LogP contribution < -0.4 is 11.1 Å². The highest BCUT2D eigenvalue weighted by atomic mass is 32.1. The predicted molar refractivity (Wildman–Crippen MR) is 87.9 cm³/mol. The van der Waals surface area contributed by atoms with Gasteiger partial charge in [0.25, 0.3) is 5.91 Å². The van der Waals surface area contributed by atoms with E-state index in [0.29, 0.717) is 10.7 Å². The molecule has 0 radical (unpaired) electrons. The van der Waals surface area contributed by atoms with E-state index >= 15 is 0 Å². The second-order valence-electron chi connectivity index (χ2n) is 5.44. The summed E-state index contributed by atoms with van der Waals surface area (Å²) >= 11 is 1.34. The number of carbonyl (C=O) groups excluding carboxylic acids is 1. The van der Waals surface area contributed by atoms with E-state index in [0.717, 1.165) is 44.3 Å². The van der Waals surface area contributed by atoms with Crippen molar-refractivity contribution in [3.63, 3.8) is 0 Å². The monoisotopic (exact) mass is 311 g/mol. The highest BCUT2D eigenvalue weighted by Gasteiger charge is 2.20. The van der Waals surface area contributed by atoms with Gasteiger partial charge in [-0.15, -0.1) is 0 Å². The molecule has 0 aromatic carbocycles. The van der Waals surface area contributed by atoms with Gasteiger partial charge in [0.05, 0.1) is 0 Å². The Kier molecular flexibility index (Phi) is 5.81. The Morgan fingerprint density at radius 1 is 1.48 bits per heavy atom. The Labute approximate surface area is 130 Å². The molecule has 118 valence electrons. The van der Waals surface area contributed by atoms with Gasteiger partial charge >= 0.3 is 0 Å². The number of likely N-dealkylation sites (N-methyl/N-ethyl adjacent to an activating group) is 1. The zero-order valence-corrected chi connectivity index (χ0v) is 13.7. The summed E-state index contributed by atoms with van der Waals surface area (Å²) in [6.45, 7) is 6.88. The quantitative estimate of drug-likeness (QED) is 0.802. The summed E-state index contributed by atoms with van der Waals surface area (Å²) in [6.07, 6.45) is 3.55. The number of likely N-dealkylation sites (tertiary alicyclic amines) is 1. The standard InChI is InChI=1S/C14H25N5OS/c1-3-6-16-14-17-12(15)11(21-14)13(20)18(2)9-10-19-7-4-5-8-19/h3-10,15H2,1-2H3,(H,16,17). The Hall–Kier alpha value is -1.34. The normalized spacial score (nSPS) is 15.3. The van der Waals surface area contributed by atoms with Crippen LogP contribution in [-0.2, 0) is 0 Å². The molecule has 0 aliphatic carbocycles. The van der Waals surface area contributed by atoms with Crippen LogP contribution in [0, 0.1) is 0 Å². The fourth-order valence-electron chi connectivity index (χ4n) is 2.37. The Morgan fingerprint density at radius 2 is 2.19 bits per heavy atom. The van der Waals surface area contributed by atoms with Crippen LogP contribution in [0.3, 0.4) is 0 Å². The van der Waals surface area contributed by atoms with Crippen LogP contribution in [0.1, 0.15) is 35.9 Å². The Bertz CT molecular complexity index is 470. The summed E-state index contributed by atoms with van der Waals surface area (Å²) in [5, 5.41) is 3.90. The van der Waals surface area contributed by atoms with Gasteiger partial charge in [0.2, 0.25) is 0 Å². The number of anilines is 2. The van der Waals surface area contributed by atoms with Crippen LogP contribution >= 0.6 is 11.3 Å². The molecule has 1 aromatic heterocycles. The molecule has 0 saturated carbocycles. The number of nitrogens with zero attached hydrogens (tertiary/aromatic N) is 3. The van der Waals surface area contributed by atoms with Gasteiger partial charge in [-0.2, -0.15) is 0 Å². The maximum Gasteiger partial charge on any atom is 0.267 e. The number of nitrogens with one attached hydrogen (secondary N) is 1. The molecule has 1 aromatic rings. The summed E-state index contributed by atoms with van der Waals surface area (Å²) < 4.78 is 0. The molecular weight excluding hydrogens is 286 g/mol. The van der Waals surface area contributed by atoms with Crippen LogP contribution in [0.25, 0.3) is 0 Å². The van der Waals surface area contributed by atoms with Crippen LogP contribution in [-0.4, -0.2) is 60.5 Å². The molecule has 1 aliphatic rings. The fourth-order valence-corrected chi connectivity index (χ4v) is 3.27. The van der Waals surface area contributed by atoms with Crippen molar-refractivity contribution < 1.29 is 4.79 Å². The molecule has 0 unspecified atom stereocenters. The van der Waals surface area contributed by atoms with Crippen molar-refractivity contribution in [1.29, 1.82) is 0 Å². The summed E-state index contributed by atoms with van der Waals surface area (Å²) in [4.78, 5) is 21.3. The molecule has 1 fully saturated rings. The van der Waals surface area contributed by atoms with E-state index < -0.39 is 0 Å². The van der Waals surface area contributed by atoms with Crippen molar-refractivity contribution in [1.82, 2.24) is 14.8 Å². The lowest BCUT2D eigenvalue weighted by Gasteiger charge is -2.21. The summed E-state index contributed by atoms with van der Waals surface area (Å²) in [6, 6.07) is 0. The lowest BCUT2D eigenvalue weighted by molar-refractivity contribution is 0.0788. The van der Waals surface area contributed by atoms with E-state index in [1.807, 2.05) is 7.05 Å². The van der Waals surface area contributed by atoms with Crippen molar-refractivity contribution in [2.75, 3.05) is 50.8 Å². The maximum absolute atomic E-state index is 12.4. The number of hydrogen-bond acceptors (Lipinski definition) is 6. The molecule has 2 rings (SSSR count). The first kappa shape index (κ1) is 16.0. The van der Waals surface area contributed by atoms with E-state index in [-0.39, 0.29) is 5.91 Å². The van der Waals surface area contributed by atoms with E-state index in [4.69, 9.17) is 5.73 Å². The first-order valence-electron chi connectivity index (χ1n) is 7.59. The zero-order valence-electron chi connectivity index (χ0n) is 12.9. The van der Waals surface area contributed by atoms with E-state index in [9.17, 15) is 4.79 Å². The predicted octanol–water partition coefficient (Wildman–Crippen LogP) is 1.72. The number of carbonyl (C=O) groups is 1. The molecule has 1 saturated heterocycles. The lowest BCUT2D eigenvalue weighted by Crippen LogP contribution is -2.35. The smallest absolute Gasteiger partial charge is 0.267 e. The molecule has 0 bridgehead atoms. The van der Waals surface area contributed by atoms with Crippen molar-refractivity contribution in [2.45, 2.75) is 26.2 Å². The molecule has 3 N–H and O–H groups in total. The highest BCUT2D eigenvalue weighted by Crippen LogP contribution is 2.26. The molecular formula is C14H25N5OS. The van der Waals surface area contributed by atoms with Crippen LogP contribution in [0.5, 0.6) is 0 Å². The van der Waals surface area contributed by atoms with Crippen molar-refractivity contribution in [2.24, 2.45) is 0 Å². The molecule has 6 nitrogen and oxygen atoms in total. The molecule has 1 aliphatic heterocycles. The molecule has 0 spiro atoms. The lowest BCUT2D eigenvalue weighted by atomic mass is 10.4. The maximum atomic E-state index is 12.4. The minimum atomic E-state index is -0.0336. The number of rotatable bonds is 7. The topological polar surface area (TPSA) is 74.5 Å². The van der Waals surface area contributed by atoms with E-state index in [1.165, 1.54) is 24.2 Å². The highest BCUT2D eigenvalue weighted by molar-refractivity contribution is 7.18. The van der Waals surface area contributed by atoms with Gasteiger partial charge < -0.3 is 20.9 Å². The van der Waals surface area contributed by atoms with Gasteiger partial charge in [0.1, 0.15) is 10.7 Å². The molecule has 7 heteroatoms. The molecule has 2 heterocycles. The summed E-state index contributed by atoms with van der Waals surface area (Å²) in [5.74, 6) is 0.297. The number of aromatic nitrogens is 1. The first-order chi connectivity index (χ1) is 10.1. The molecule has 21 heavy (non-hydrogen) atoms. The SMILES string of the molecule is CCCNc1nc(N)c(C(=O)N(C)CCN2CCCC2)s1. The van der Waals surface area contributed by atoms with E-state index in [2.05, 4.69) is 22.1 Å². The number of hydrogen-bond donors (Lipinski definition) is 2. The second-order valence-corrected chi connectivity index (χ2v) is 6.43. The van der Waals surface area contributed by atoms with Gasteiger partial charge in [0.15, 0.2) is 5.13 Å². The third kappa shape index (κ3) is 4.31. The molecule has 1 amide bonds. The zero-order chi connectivity index (χ0) is 15.2. The first-order valence-corrected chi connectivity index (χ1v) is 8.41. The van der Waals surface area contributed by atoms with Gasteiger partial charge in [-0.05, 0) is 32.4 Å². The van der Waals surface area contributed by atoms with E-state index in [1.54, 1.807) is 4.90 Å². The fraction of sp³-hybridized carbons (Fsp3) is 0.714. The summed E-state index contributed by atoms with van der Waals surface area (Å²) in [7, 11) is 1.83. The largest absolute Gasteiger partial charge is 0.382 e. The third-order valence-corrected chi connectivity index (χ3v) is 4.69. The van der Waals surface area contributed by atoms with Gasteiger partial charge in [-0.1, -0.05) is 18.3 Å². The number of nitrogens with two attached hydrogens (primary N) is 1.